The largest absolute Gasteiger partial charge is 0.331 e. The third-order valence-electron chi connectivity index (χ3n) is 6.18. The van der Waals surface area contributed by atoms with Crippen LogP contribution < -0.4 is 0 Å². The summed E-state index contributed by atoms with van der Waals surface area (Å²) in [5.74, 6) is 0.617. The predicted octanol–water partition coefficient (Wildman–Crippen LogP) is 5.39. The van der Waals surface area contributed by atoms with E-state index in [1.165, 1.54) is 0 Å². The number of amides is 1. The number of fused-ring (bicyclic) bond motifs is 1. The zero-order valence-corrected chi connectivity index (χ0v) is 21.5. The summed E-state index contributed by atoms with van der Waals surface area (Å²) in [5.41, 5.74) is 4.23. The van der Waals surface area contributed by atoms with Crippen molar-refractivity contribution in [1.82, 2.24) is 24.6 Å². The van der Waals surface area contributed by atoms with Crippen LogP contribution in [0.5, 0.6) is 0 Å². The Hall–Kier alpha value is -4.35. The number of hydrogen-bond donors (Lipinski definition) is 0. The van der Waals surface area contributed by atoms with E-state index in [4.69, 9.17) is 5.26 Å². The summed E-state index contributed by atoms with van der Waals surface area (Å²) in [6.07, 6.45) is 4.12. The smallest absolute Gasteiger partial charge is 0.254 e. The standard InChI is InChI=1S/C29H23BrN6O/c30-26-10-7-21(8-11-26)13-15-35(29(37)25-9-12-27-24(16-25)2-1-14-32-27)19-28-34-33-20-36(28)18-23-5-3-22(17-31)4-6-23/h1-12,14,16,20H,13,15,18-19H2. The van der Waals surface area contributed by atoms with E-state index in [-0.39, 0.29) is 5.91 Å². The third kappa shape index (κ3) is 5.90. The monoisotopic (exact) mass is 550 g/mol. The number of hydrogen-bond acceptors (Lipinski definition) is 5. The van der Waals surface area contributed by atoms with E-state index in [1.807, 2.05) is 64.1 Å². The molecule has 0 N–H and O–H groups in total. The van der Waals surface area contributed by atoms with E-state index in [9.17, 15) is 4.79 Å². The first kappa shape index (κ1) is 24.3. The molecule has 2 aromatic heterocycles. The van der Waals surface area contributed by atoms with Crippen LogP contribution in [0.1, 0.15) is 32.9 Å². The van der Waals surface area contributed by atoms with E-state index >= 15 is 0 Å². The molecule has 5 aromatic rings. The molecule has 0 aliphatic heterocycles. The maximum absolute atomic E-state index is 13.7. The number of halogens is 1. The van der Waals surface area contributed by atoms with Crippen molar-refractivity contribution in [3.8, 4) is 6.07 Å². The molecule has 0 spiro atoms. The fourth-order valence-corrected chi connectivity index (χ4v) is 4.41. The number of carbonyl (C=O) groups is 1. The van der Waals surface area contributed by atoms with Gasteiger partial charge in [0.25, 0.3) is 5.91 Å². The van der Waals surface area contributed by atoms with Crippen molar-refractivity contribution >= 4 is 32.7 Å². The fraction of sp³-hybridized carbons (Fsp3) is 0.138. The second-order valence-corrected chi connectivity index (χ2v) is 9.61. The Labute approximate surface area is 223 Å². The lowest BCUT2D eigenvalue weighted by Crippen LogP contribution is -2.33. The van der Waals surface area contributed by atoms with E-state index in [0.29, 0.717) is 43.0 Å². The Morgan fingerprint density at radius 1 is 1.00 bits per heavy atom. The molecule has 3 aromatic carbocycles. The highest BCUT2D eigenvalue weighted by Gasteiger charge is 2.20. The molecule has 2 heterocycles. The number of rotatable bonds is 8. The molecule has 182 valence electrons. The molecule has 0 fully saturated rings. The molecule has 1 amide bonds. The van der Waals surface area contributed by atoms with Gasteiger partial charge in [-0.25, -0.2) is 0 Å². The molecule has 5 rings (SSSR count). The van der Waals surface area contributed by atoms with Gasteiger partial charge in [0, 0.05) is 28.2 Å². The minimum absolute atomic E-state index is 0.0733. The maximum Gasteiger partial charge on any atom is 0.254 e. The van der Waals surface area contributed by atoms with Crippen molar-refractivity contribution in [3.05, 3.63) is 124 Å². The number of nitriles is 1. The Balaban J connectivity index is 1.40. The lowest BCUT2D eigenvalue weighted by atomic mass is 10.1. The normalized spacial score (nSPS) is 10.8. The Bertz CT molecular complexity index is 1570. The van der Waals surface area contributed by atoms with E-state index in [2.05, 4.69) is 49.3 Å². The van der Waals surface area contributed by atoms with Crippen molar-refractivity contribution in [3.63, 3.8) is 0 Å². The van der Waals surface area contributed by atoms with Crippen LogP contribution in [0.4, 0.5) is 0 Å². The number of benzene rings is 3. The molecule has 0 aliphatic rings. The predicted molar refractivity (Wildman–Crippen MR) is 145 cm³/mol. The van der Waals surface area contributed by atoms with Gasteiger partial charge in [-0.3, -0.25) is 9.78 Å². The van der Waals surface area contributed by atoms with Crippen molar-refractivity contribution < 1.29 is 4.79 Å². The van der Waals surface area contributed by atoms with E-state index in [1.54, 1.807) is 24.7 Å². The Morgan fingerprint density at radius 2 is 1.78 bits per heavy atom. The number of aromatic nitrogens is 4. The topological polar surface area (TPSA) is 87.7 Å². The second kappa shape index (κ2) is 11.1. The van der Waals surface area contributed by atoms with Gasteiger partial charge in [-0.1, -0.05) is 46.3 Å². The summed E-state index contributed by atoms with van der Waals surface area (Å²) in [4.78, 5) is 19.9. The third-order valence-corrected chi connectivity index (χ3v) is 6.71. The lowest BCUT2D eigenvalue weighted by molar-refractivity contribution is 0.0739. The van der Waals surface area contributed by atoms with Crippen molar-refractivity contribution in [2.24, 2.45) is 0 Å². The fourth-order valence-electron chi connectivity index (χ4n) is 4.14. The van der Waals surface area contributed by atoms with Gasteiger partial charge in [0.05, 0.1) is 30.2 Å². The molecule has 0 saturated carbocycles. The summed E-state index contributed by atoms with van der Waals surface area (Å²) in [5, 5.41) is 18.4. The SMILES string of the molecule is N#Cc1ccc(Cn2cnnc2CN(CCc2ccc(Br)cc2)C(=O)c2ccc3ncccc3c2)cc1. The number of carbonyl (C=O) groups excluding carboxylic acids is 1. The first-order valence-corrected chi connectivity index (χ1v) is 12.6. The molecule has 0 saturated heterocycles. The average molecular weight is 551 g/mol. The molecular weight excluding hydrogens is 528 g/mol. The lowest BCUT2D eigenvalue weighted by Gasteiger charge is -2.23. The van der Waals surface area contributed by atoms with Crippen molar-refractivity contribution in [2.45, 2.75) is 19.5 Å². The zero-order valence-electron chi connectivity index (χ0n) is 20.0. The van der Waals surface area contributed by atoms with Crippen LogP contribution >= 0.6 is 15.9 Å². The van der Waals surface area contributed by atoms with Crippen molar-refractivity contribution in [2.75, 3.05) is 6.54 Å². The van der Waals surface area contributed by atoms with Gasteiger partial charge in [0.1, 0.15) is 6.33 Å². The van der Waals surface area contributed by atoms with Gasteiger partial charge in [-0.05, 0) is 66.1 Å². The van der Waals surface area contributed by atoms with Crippen LogP contribution in [-0.4, -0.2) is 37.1 Å². The van der Waals surface area contributed by atoms with Gasteiger partial charge in [-0.15, -0.1) is 10.2 Å². The van der Waals surface area contributed by atoms with Gasteiger partial charge >= 0.3 is 0 Å². The van der Waals surface area contributed by atoms with Crippen molar-refractivity contribution in [1.29, 1.82) is 5.26 Å². The highest BCUT2D eigenvalue weighted by atomic mass is 79.9. The van der Waals surface area contributed by atoms with E-state index in [0.717, 1.165) is 26.5 Å². The van der Waals surface area contributed by atoms with Crippen LogP contribution in [0.25, 0.3) is 10.9 Å². The second-order valence-electron chi connectivity index (χ2n) is 8.70. The Kier molecular flexibility index (Phi) is 7.33. The zero-order chi connectivity index (χ0) is 25.6. The van der Waals surface area contributed by atoms with Gasteiger partial charge < -0.3 is 9.47 Å². The quantitative estimate of drug-likeness (QED) is 0.258. The molecule has 0 atom stereocenters. The van der Waals surface area contributed by atoms with Gasteiger partial charge in [0.15, 0.2) is 5.82 Å². The first-order chi connectivity index (χ1) is 18.1. The van der Waals surface area contributed by atoms with Crippen LogP contribution in [0, 0.1) is 11.3 Å². The Morgan fingerprint density at radius 3 is 2.57 bits per heavy atom. The highest BCUT2D eigenvalue weighted by Crippen LogP contribution is 2.18. The molecule has 8 heteroatoms. The maximum atomic E-state index is 13.7. The molecule has 0 radical (unpaired) electrons. The summed E-state index contributed by atoms with van der Waals surface area (Å²) in [6, 6.07) is 27.1. The molecule has 7 nitrogen and oxygen atoms in total. The number of pyridine rings is 1. The van der Waals surface area contributed by atoms with Gasteiger partial charge in [0.2, 0.25) is 0 Å². The van der Waals surface area contributed by atoms with Crippen LogP contribution in [0.15, 0.2) is 95.9 Å². The molecular formula is C29H23BrN6O. The first-order valence-electron chi connectivity index (χ1n) is 11.8. The number of nitrogens with zero attached hydrogens (tertiary/aromatic N) is 6. The molecule has 0 bridgehead atoms. The minimum atomic E-state index is -0.0733. The van der Waals surface area contributed by atoms with Gasteiger partial charge in [-0.2, -0.15) is 5.26 Å². The minimum Gasteiger partial charge on any atom is -0.331 e. The highest BCUT2D eigenvalue weighted by molar-refractivity contribution is 9.10. The average Bonchev–Trinajstić information content (AvgIpc) is 3.38. The van der Waals surface area contributed by atoms with Crippen LogP contribution in [0.2, 0.25) is 0 Å². The summed E-state index contributed by atoms with van der Waals surface area (Å²) in [7, 11) is 0. The molecule has 37 heavy (non-hydrogen) atoms. The summed E-state index contributed by atoms with van der Waals surface area (Å²) in [6.45, 7) is 1.39. The van der Waals surface area contributed by atoms with E-state index < -0.39 is 0 Å². The summed E-state index contributed by atoms with van der Waals surface area (Å²) < 4.78 is 2.95. The van der Waals surface area contributed by atoms with Crippen LogP contribution in [0.3, 0.4) is 0 Å². The molecule has 0 unspecified atom stereocenters. The van der Waals surface area contributed by atoms with Crippen LogP contribution in [-0.2, 0) is 19.5 Å². The summed E-state index contributed by atoms with van der Waals surface area (Å²) >= 11 is 3.48. The molecule has 0 aliphatic carbocycles.